The molecule has 0 atom stereocenters. The van der Waals surface area contributed by atoms with Crippen molar-refractivity contribution < 1.29 is 9.13 Å². The van der Waals surface area contributed by atoms with Crippen molar-refractivity contribution in [2.24, 2.45) is 0 Å². The summed E-state index contributed by atoms with van der Waals surface area (Å²) < 4.78 is 18.6. The summed E-state index contributed by atoms with van der Waals surface area (Å²) in [7, 11) is 0. The first-order valence-corrected chi connectivity index (χ1v) is 9.34. The monoisotopic (exact) mass is 379 g/mol. The van der Waals surface area contributed by atoms with Gasteiger partial charge >= 0.3 is 0 Å². The van der Waals surface area contributed by atoms with Crippen LogP contribution in [0, 0.1) is 5.82 Å². The molecule has 1 fully saturated rings. The average Bonchev–Trinajstić information content (AvgIpc) is 2.75. The summed E-state index contributed by atoms with van der Waals surface area (Å²) in [5.41, 5.74) is 4.28. The van der Waals surface area contributed by atoms with Crippen molar-refractivity contribution in [3.8, 4) is 11.1 Å². The summed E-state index contributed by atoms with van der Waals surface area (Å²) >= 11 is 0. The van der Waals surface area contributed by atoms with Gasteiger partial charge in [-0.15, -0.1) is 0 Å². The highest BCUT2D eigenvalue weighted by Crippen LogP contribution is 2.27. The Kier molecular flexibility index (Phi) is 5.39. The van der Waals surface area contributed by atoms with Crippen LogP contribution in [0.1, 0.15) is 5.56 Å². The Labute approximate surface area is 162 Å². The predicted octanol–water partition coefficient (Wildman–Crippen LogP) is 3.63. The number of pyridine rings is 1. The number of morpholine rings is 1. The number of rotatable bonds is 5. The Hall–Kier alpha value is -3.12. The molecule has 1 aliphatic rings. The number of benzene rings is 2. The van der Waals surface area contributed by atoms with Crippen molar-refractivity contribution in [3.05, 3.63) is 82.5 Å². The maximum absolute atomic E-state index is 13.2. The Morgan fingerprint density at radius 1 is 1.04 bits per heavy atom. The lowest BCUT2D eigenvalue weighted by molar-refractivity contribution is 0.123. The number of anilines is 2. The van der Waals surface area contributed by atoms with Crippen LogP contribution in [0.5, 0.6) is 0 Å². The molecule has 28 heavy (non-hydrogen) atoms. The fraction of sp³-hybridized carbons (Fsp3) is 0.227. The van der Waals surface area contributed by atoms with E-state index in [0.29, 0.717) is 25.3 Å². The minimum Gasteiger partial charge on any atom is -0.379 e. The average molecular weight is 379 g/mol. The Bertz CT molecular complexity index is 995. The lowest BCUT2D eigenvalue weighted by atomic mass is 10.1. The van der Waals surface area contributed by atoms with Crippen molar-refractivity contribution in [3.63, 3.8) is 0 Å². The molecule has 6 heteroatoms. The van der Waals surface area contributed by atoms with Crippen molar-refractivity contribution in [2.45, 2.75) is 6.54 Å². The molecule has 0 spiro atoms. The lowest BCUT2D eigenvalue weighted by Crippen LogP contribution is -2.36. The van der Waals surface area contributed by atoms with E-state index < -0.39 is 0 Å². The van der Waals surface area contributed by atoms with Gasteiger partial charge in [0.2, 0.25) is 0 Å². The molecule has 3 aromatic rings. The van der Waals surface area contributed by atoms with Crippen LogP contribution in [0.4, 0.5) is 15.8 Å². The molecule has 144 valence electrons. The highest BCUT2D eigenvalue weighted by atomic mass is 19.1. The molecule has 2 heterocycles. The smallest absolute Gasteiger partial charge is 0.252 e. The second-order valence-electron chi connectivity index (χ2n) is 6.72. The Morgan fingerprint density at radius 3 is 2.57 bits per heavy atom. The van der Waals surface area contributed by atoms with Gasteiger partial charge in [-0.05, 0) is 41.5 Å². The Morgan fingerprint density at radius 2 is 1.79 bits per heavy atom. The van der Waals surface area contributed by atoms with Gasteiger partial charge in [-0.1, -0.05) is 24.3 Å². The molecule has 2 N–H and O–H groups in total. The highest BCUT2D eigenvalue weighted by Gasteiger charge is 2.14. The molecule has 0 saturated carbocycles. The first-order valence-electron chi connectivity index (χ1n) is 9.34. The van der Waals surface area contributed by atoms with E-state index in [0.717, 1.165) is 35.6 Å². The molecule has 1 aromatic heterocycles. The summed E-state index contributed by atoms with van der Waals surface area (Å²) in [4.78, 5) is 17.3. The molecule has 0 amide bonds. The van der Waals surface area contributed by atoms with Gasteiger partial charge in [0.05, 0.1) is 24.6 Å². The number of nitrogens with zero attached hydrogens (tertiary/aromatic N) is 1. The fourth-order valence-corrected chi connectivity index (χ4v) is 3.36. The second-order valence-corrected chi connectivity index (χ2v) is 6.72. The van der Waals surface area contributed by atoms with Gasteiger partial charge in [0, 0.05) is 31.4 Å². The molecule has 5 nitrogen and oxygen atoms in total. The third kappa shape index (κ3) is 4.07. The van der Waals surface area contributed by atoms with Crippen LogP contribution in [0.15, 0.2) is 65.6 Å². The molecule has 0 bridgehead atoms. The number of aromatic nitrogens is 1. The topological polar surface area (TPSA) is 57.4 Å². The molecule has 1 aliphatic heterocycles. The molecular weight excluding hydrogens is 357 g/mol. The van der Waals surface area contributed by atoms with Crippen LogP contribution < -0.4 is 15.8 Å². The van der Waals surface area contributed by atoms with Crippen molar-refractivity contribution >= 4 is 11.4 Å². The van der Waals surface area contributed by atoms with Gasteiger partial charge in [0.25, 0.3) is 5.56 Å². The summed E-state index contributed by atoms with van der Waals surface area (Å²) in [6.07, 6.45) is 1.65. The first kappa shape index (κ1) is 18.3. The van der Waals surface area contributed by atoms with Crippen molar-refractivity contribution in [2.75, 3.05) is 36.5 Å². The van der Waals surface area contributed by atoms with Gasteiger partial charge in [0.15, 0.2) is 0 Å². The quantitative estimate of drug-likeness (QED) is 0.711. The van der Waals surface area contributed by atoms with Gasteiger partial charge in [-0.3, -0.25) is 4.79 Å². The number of H-pyrrole nitrogens is 1. The summed E-state index contributed by atoms with van der Waals surface area (Å²) in [5, 5.41) is 3.39. The van der Waals surface area contributed by atoms with Crippen LogP contribution in [0.25, 0.3) is 11.1 Å². The van der Waals surface area contributed by atoms with Crippen LogP contribution in [0.3, 0.4) is 0 Å². The normalized spacial score (nSPS) is 14.1. The number of para-hydroxylation sites is 2. The number of halogens is 1. The molecule has 2 aromatic carbocycles. The van der Waals surface area contributed by atoms with Gasteiger partial charge in [-0.25, -0.2) is 4.39 Å². The number of aromatic amines is 1. The molecule has 0 unspecified atom stereocenters. The van der Waals surface area contributed by atoms with E-state index in [9.17, 15) is 9.18 Å². The van der Waals surface area contributed by atoms with E-state index in [-0.39, 0.29) is 11.4 Å². The molecule has 4 rings (SSSR count). The Balaban J connectivity index is 1.55. The lowest BCUT2D eigenvalue weighted by Gasteiger charge is -2.30. The SMILES string of the molecule is O=c1[nH]cc(-c2ccc(F)cc2)cc1CNc1ccccc1N1CCOCC1. The van der Waals surface area contributed by atoms with Crippen molar-refractivity contribution in [1.29, 1.82) is 0 Å². The molecule has 0 radical (unpaired) electrons. The van der Waals surface area contributed by atoms with Gasteiger partial charge < -0.3 is 19.9 Å². The summed E-state index contributed by atoms with van der Waals surface area (Å²) in [6, 6.07) is 16.2. The fourth-order valence-electron chi connectivity index (χ4n) is 3.36. The summed E-state index contributed by atoms with van der Waals surface area (Å²) in [5.74, 6) is -0.283. The number of hydrogen-bond acceptors (Lipinski definition) is 4. The standard InChI is InChI=1S/C22H22FN3O2/c23-19-7-5-16(6-8-19)17-13-18(22(27)25-14-17)15-24-20-3-1-2-4-21(20)26-9-11-28-12-10-26/h1-8,13-14,24H,9-12,15H2,(H,25,27). The predicted molar refractivity (Wildman–Crippen MR) is 109 cm³/mol. The molecule has 0 aliphatic carbocycles. The maximum Gasteiger partial charge on any atom is 0.252 e. The summed E-state index contributed by atoms with van der Waals surface area (Å²) in [6.45, 7) is 3.52. The van der Waals surface area contributed by atoms with Crippen LogP contribution in [-0.2, 0) is 11.3 Å². The van der Waals surface area contributed by atoms with Crippen LogP contribution >= 0.6 is 0 Å². The van der Waals surface area contributed by atoms with E-state index in [2.05, 4.69) is 21.3 Å². The zero-order valence-corrected chi connectivity index (χ0v) is 15.5. The number of hydrogen-bond donors (Lipinski definition) is 2. The van der Waals surface area contributed by atoms with E-state index in [1.807, 2.05) is 24.3 Å². The van der Waals surface area contributed by atoms with Gasteiger partial charge in [-0.2, -0.15) is 0 Å². The number of nitrogens with one attached hydrogen (secondary N) is 2. The maximum atomic E-state index is 13.2. The van der Waals surface area contributed by atoms with Crippen molar-refractivity contribution in [1.82, 2.24) is 4.98 Å². The van der Waals surface area contributed by atoms with E-state index in [1.165, 1.54) is 12.1 Å². The largest absolute Gasteiger partial charge is 0.379 e. The zero-order valence-electron chi connectivity index (χ0n) is 15.5. The second kappa shape index (κ2) is 8.27. The molecular formula is C22H22FN3O2. The van der Waals surface area contributed by atoms with E-state index in [4.69, 9.17) is 4.74 Å². The van der Waals surface area contributed by atoms with Gasteiger partial charge in [0.1, 0.15) is 5.82 Å². The van der Waals surface area contributed by atoms with E-state index in [1.54, 1.807) is 18.3 Å². The third-order valence-electron chi connectivity index (χ3n) is 4.88. The molecule has 1 saturated heterocycles. The van der Waals surface area contributed by atoms with E-state index >= 15 is 0 Å². The van der Waals surface area contributed by atoms with Crippen LogP contribution in [0.2, 0.25) is 0 Å². The minimum absolute atomic E-state index is 0.137. The first-order chi connectivity index (χ1) is 13.7. The zero-order chi connectivity index (χ0) is 19.3. The minimum atomic E-state index is -0.283. The highest BCUT2D eigenvalue weighted by molar-refractivity contribution is 5.70. The van der Waals surface area contributed by atoms with Crippen LogP contribution in [-0.4, -0.2) is 31.3 Å². The number of ether oxygens (including phenoxy) is 1. The third-order valence-corrected chi connectivity index (χ3v) is 4.88.